The molecule has 0 bridgehead atoms. The number of rotatable bonds is 4. The largest absolute Gasteiger partial charge is 0.480 e. The highest BCUT2D eigenvalue weighted by Crippen LogP contribution is 2.02. The second-order valence-electron chi connectivity index (χ2n) is 3.37. The zero-order chi connectivity index (χ0) is 9.07. The minimum atomic E-state index is -1.61. The van der Waals surface area contributed by atoms with Gasteiger partial charge in [0.15, 0.2) is 8.32 Å². The van der Waals surface area contributed by atoms with Crippen molar-refractivity contribution in [3.05, 3.63) is 0 Å². The van der Waals surface area contributed by atoms with E-state index in [0.717, 1.165) is 0 Å². The molecule has 3 N–H and O–H groups in total. The monoisotopic (exact) mass is 177 g/mol. The normalized spacial score (nSPS) is 14.5. The van der Waals surface area contributed by atoms with E-state index in [1.165, 1.54) is 0 Å². The Bertz CT molecular complexity index is 143. The lowest BCUT2D eigenvalue weighted by Gasteiger charge is -2.18. The van der Waals surface area contributed by atoms with Gasteiger partial charge in [-0.1, -0.05) is 0 Å². The fourth-order valence-electron chi connectivity index (χ4n) is 0.411. The summed E-state index contributed by atoms with van der Waals surface area (Å²) >= 11 is 0. The van der Waals surface area contributed by atoms with E-state index in [9.17, 15) is 4.79 Å². The summed E-state index contributed by atoms with van der Waals surface area (Å²) in [5, 5.41) is 8.39. The van der Waals surface area contributed by atoms with Crippen molar-refractivity contribution in [1.29, 1.82) is 0 Å². The van der Waals surface area contributed by atoms with Crippen molar-refractivity contribution in [2.75, 3.05) is 6.61 Å². The van der Waals surface area contributed by atoms with Crippen molar-refractivity contribution in [3.63, 3.8) is 0 Å². The molecule has 0 saturated carbocycles. The van der Waals surface area contributed by atoms with Crippen molar-refractivity contribution < 1.29 is 14.3 Å². The third-order valence-corrected chi connectivity index (χ3v) is 2.05. The molecule has 0 aliphatic rings. The van der Waals surface area contributed by atoms with Crippen LogP contribution in [0.1, 0.15) is 0 Å². The van der Waals surface area contributed by atoms with Crippen LogP contribution in [0.5, 0.6) is 0 Å². The number of carbonyl (C=O) groups is 1. The molecule has 0 unspecified atom stereocenters. The molecule has 0 amide bonds. The predicted octanol–water partition coefficient (Wildman–Crippen LogP) is 0.250. The standard InChI is InChI=1S/C6H15NO3Si/c1-11(2,3)10-4-5(7)6(8)9/h5H,4,7H2,1-3H3,(H,8,9)/t5-/m1/s1. The SMILES string of the molecule is C[Si](C)(C)OC[C@@H](N)C(=O)O. The van der Waals surface area contributed by atoms with Crippen molar-refractivity contribution >= 4 is 14.3 Å². The van der Waals surface area contributed by atoms with Gasteiger partial charge in [-0.3, -0.25) is 4.79 Å². The van der Waals surface area contributed by atoms with Crippen molar-refractivity contribution in [1.82, 2.24) is 0 Å². The molecule has 0 aliphatic carbocycles. The first-order valence-electron chi connectivity index (χ1n) is 3.45. The summed E-state index contributed by atoms with van der Waals surface area (Å²) in [6.07, 6.45) is 0. The van der Waals surface area contributed by atoms with Gasteiger partial charge < -0.3 is 15.3 Å². The quantitative estimate of drug-likeness (QED) is 0.604. The van der Waals surface area contributed by atoms with Crippen LogP contribution >= 0.6 is 0 Å². The summed E-state index contributed by atoms with van der Waals surface area (Å²) in [6.45, 7) is 6.08. The van der Waals surface area contributed by atoms with Gasteiger partial charge in [0.2, 0.25) is 0 Å². The smallest absolute Gasteiger partial charge is 0.322 e. The van der Waals surface area contributed by atoms with Crippen LogP contribution in [0.2, 0.25) is 19.6 Å². The molecule has 0 aliphatic heterocycles. The molecule has 0 saturated heterocycles. The van der Waals surface area contributed by atoms with E-state index in [-0.39, 0.29) is 6.61 Å². The van der Waals surface area contributed by atoms with E-state index in [2.05, 4.69) is 0 Å². The Morgan fingerprint density at radius 1 is 1.64 bits per heavy atom. The molecular formula is C6H15NO3Si. The third-order valence-electron chi connectivity index (χ3n) is 1.01. The van der Waals surface area contributed by atoms with Gasteiger partial charge in [0.05, 0.1) is 6.61 Å². The Kier molecular flexibility index (Phi) is 3.71. The molecule has 11 heavy (non-hydrogen) atoms. The Hall–Kier alpha value is -0.393. The number of nitrogens with two attached hydrogens (primary N) is 1. The maximum atomic E-state index is 10.2. The van der Waals surface area contributed by atoms with Crippen LogP contribution in [-0.2, 0) is 9.22 Å². The van der Waals surface area contributed by atoms with Gasteiger partial charge in [0.1, 0.15) is 6.04 Å². The molecule has 0 aromatic heterocycles. The third kappa shape index (κ3) is 6.02. The molecule has 0 radical (unpaired) electrons. The van der Waals surface area contributed by atoms with E-state index in [0.29, 0.717) is 0 Å². The van der Waals surface area contributed by atoms with E-state index in [1.54, 1.807) is 0 Å². The van der Waals surface area contributed by atoms with Gasteiger partial charge in [-0.25, -0.2) is 0 Å². The molecule has 0 aromatic carbocycles. The van der Waals surface area contributed by atoms with Gasteiger partial charge in [0.25, 0.3) is 0 Å². The van der Waals surface area contributed by atoms with E-state index < -0.39 is 20.3 Å². The number of carboxylic acids is 1. The molecule has 0 heterocycles. The molecule has 0 rings (SSSR count). The van der Waals surface area contributed by atoms with Crippen molar-refractivity contribution in [3.8, 4) is 0 Å². The summed E-state index contributed by atoms with van der Waals surface area (Å²) in [5.41, 5.74) is 5.22. The zero-order valence-electron chi connectivity index (χ0n) is 7.13. The number of aliphatic carboxylic acids is 1. The fraction of sp³-hybridized carbons (Fsp3) is 0.833. The van der Waals surface area contributed by atoms with Crippen LogP contribution in [-0.4, -0.2) is 32.0 Å². The minimum absolute atomic E-state index is 0.116. The summed E-state index contributed by atoms with van der Waals surface area (Å²) in [5.74, 6) is -1.01. The lowest BCUT2D eigenvalue weighted by molar-refractivity contribution is -0.139. The molecule has 0 fully saturated rings. The highest BCUT2D eigenvalue weighted by atomic mass is 28.4. The molecule has 0 spiro atoms. The Balaban J connectivity index is 3.63. The van der Waals surface area contributed by atoms with Gasteiger partial charge in [-0.15, -0.1) is 0 Å². The van der Waals surface area contributed by atoms with Crippen LogP contribution in [0.3, 0.4) is 0 Å². The second kappa shape index (κ2) is 3.84. The predicted molar refractivity (Wildman–Crippen MR) is 44.9 cm³/mol. The van der Waals surface area contributed by atoms with E-state index >= 15 is 0 Å². The maximum absolute atomic E-state index is 10.2. The lowest BCUT2D eigenvalue weighted by Crippen LogP contribution is -2.39. The summed E-state index contributed by atoms with van der Waals surface area (Å²) < 4.78 is 5.29. The summed E-state index contributed by atoms with van der Waals surface area (Å²) in [7, 11) is -1.61. The fourth-order valence-corrected chi connectivity index (χ4v) is 1.09. The zero-order valence-corrected chi connectivity index (χ0v) is 8.13. The number of hydrogen-bond acceptors (Lipinski definition) is 3. The van der Waals surface area contributed by atoms with Crippen molar-refractivity contribution in [2.45, 2.75) is 25.7 Å². The first-order valence-corrected chi connectivity index (χ1v) is 6.86. The molecule has 5 heteroatoms. The van der Waals surface area contributed by atoms with Crippen molar-refractivity contribution in [2.24, 2.45) is 5.73 Å². The Labute approximate surface area is 67.5 Å². The van der Waals surface area contributed by atoms with E-state index in [4.69, 9.17) is 15.3 Å². The van der Waals surface area contributed by atoms with Crippen LogP contribution in [0.15, 0.2) is 0 Å². The molecular weight excluding hydrogens is 162 g/mol. The molecule has 66 valence electrons. The Morgan fingerprint density at radius 2 is 2.09 bits per heavy atom. The lowest BCUT2D eigenvalue weighted by atomic mass is 10.3. The summed E-state index contributed by atoms with van der Waals surface area (Å²) in [6, 6.07) is -0.887. The van der Waals surface area contributed by atoms with Gasteiger partial charge >= 0.3 is 5.97 Å². The van der Waals surface area contributed by atoms with E-state index in [1.807, 2.05) is 19.6 Å². The molecule has 0 aromatic rings. The average molecular weight is 177 g/mol. The second-order valence-corrected chi connectivity index (χ2v) is 7.88. The Morgan fingerprint density at radius 3 is 2.36 bits per heavy atom. The first-order chi connectivity index (χ1) is 4.83. The van der Waals surface area contributed by atoms with Gasteiger partial charge in [-0.05, 0) is 19.6 Å². The average Bonchev–Trinajstić information content (AvgIpc) is 1.80. The summed E-state index contributed by atoms with van der Waals surface area (Å²) in [4.78, 5) is 10.2. The highest BCUT2D eigenvalue weighted by Gasteiger charge is 2.18. The number of carboxylic acid groups (broad SMARTS) is 1. The molecule has 1 atom stereocenters. The highest BCUT2D eigenvalue weighted by molar-refractivity contribution is 6.69. The maximum Gasteiger partial charge on any atom is 0.322 e. The van der Waals surface area contributed by atoms with Gasteiger partial charge in [-0.2, -0.15) is 0 Å². The minimum Gasteiger partial charge on any atom is -0.480 e. The topological polar surface area (TPSA) is 72.5 Å². The van der Waals surface area contributed by atoms with Crippen LogP contribution in [0.25, 0.3) is 0 Å². The molecule has 4 nitrogen and oxygen atoms in total. The first kappa shape index (κ1) is 10.6. The van der Waals surface area contributed by atoms with Crippen LogP contribution in [0.4, 0.5) is 0 Å². The van der Waals surface area contributed by atoms with Crippen LogP contribution in [0, 0.1) is 0 Å². The van der Waals surface area contributed by atoms with Gasteiger partial charge in [0, 0.05) is 0 Å². The van der Waals surface area contributed by atoms with Crippen LogP contribution < -0.4 is 5.73 Å². The number of hydrogen-bond donors (Lipinski definition) is 2.